The molecule has 1 aliphatic heterocycles. The van der Waals surface area contributed by atoms with Crippen LogP contribution >= 0.6 is 0 Å². The standard InChI is InChI=1S/C16H23N7O/c24-16(12-13-4-1-2-5-13)22-9-3-8-21(10-11-22)15-7-6-14-17-19-20-23(14)18-15/h6-7,13H,1-5,8-12H2. The molecule has 0 radical (unpaired) electrons. The molecule has 2 aromatic rings. The maximum atomic E-state index is 12.6. The molecule has 0 unspecified atom stereocenters. The molecule has 128 valence electrons. The summed E-state index contributed by atoms with van der Waals surface area (Å²) < 4.78 is 1.45. The molecule has 2 aromatic heterocycles. The molecule has 1 saturated heterocycles. The fourth-order valence-electron chi connectivity index (χ4n) is 3.80. The lowest BCUT2D eigenvalue weighted by atomic mass is 10.0. The van der Waals surface area contributed by atoms with E-state index in [1.807, 2.05) is 17.0 Å². The summed E-state index contributed by atoms with van der Waals surface area (Å²) in [5.41, 5.74) is 0.641. The lowest BCUT2D eigenvalue weighted by molar-refractivity contribution is -0.131. The first-order valence-electron chi connectivity index (χ1n) is 8.88. The van der Waals surface area contributed by atoms with Gasteiger partial charge in [0.05, 0.1) is 0 Å². The Morgan fingerprint density at radius 3 is 2.83 bits per heavy atom. The second kappa shape index (κ2) is 6.70. The highest BCUT2D eigenvalue weighted by Crippen LogP contribution is 2.28. The van der Waals surface area contributed by atoms with Crippen molar-refractivity contribution in [3.8, 4) is 0 Å². The third kappa shape index (κ3) is 3.18. The van der Waals surface area contributed by atoms with Crippen molar-refractivity contribution in [2.75, 3.05) is 31.1 Å². The average Bonchev–Trinajstić information content (AvgIpc) is 3.20. The third-order valence-corrected chi connectivity index (χ3v) is 5.17. The van der Waals surface area contributed by atoms with Gasteiger partial charge in [0.15, 0.2) is 11.5 Å². The second-order valence-corrected chi connectivity index (χ2v) is 6.79. The number of carbonyl (C=O) groups excluding carboxylic acids is 1. The zero-order chi connectivity index (χ0) is 16.4. The Kier molecular flexibility index (Phi) is 4.27. The number of aromatic nitrogens is 5. The van der Waals surface area contributed by atoms with Gasteiger partial charge in [0.2, 0.25) is 5.91 Å². The van der Waals surface area contributed by atoms with E-state index in [1.54, 1.807) is 0 Å². The maximum absolute atomic E-state index is 12.6. The molecule has 1 amide bonds. The largest absolute Gasteiger partial charge is 0.353 e. The highest BCUT2D eigenvalue weighted by molar-refractivity contribution is 5.76. The zero-order valence-corrected chi connectivity index (χ0v) is 13.8. The van der Waals surface area contributed by atoms with Crippen LogP contribution in [0.3, 0.4) is 0 Å². The van der Waals surface area contributed by atoms with Gasteiger partial charge < -0.3 is 9.80 Å². The first-order valence-corrected chi connectivity index (χ1v) is 8.88. The van der Waals surface area contributed by atoms with E-state index in [9.17, 15) is 4.79 Å². The summed E-state index contributed by atoms with van der Waals surface area (Å²) in [6.07, 6.45) is 6.72. The van der Waals surface area contributed by atoms with Gasteiger partial charge in [-0.05, 0) is 47.7 Å². The first-order chi connectivity index (χ1) is 11.8. The molecule has 8 nitrogen and oxygen atoms in total. The van der Waals surface area contributed by atoms with Crippen molar-refractivity contribution in [3.05, 3.63) is 12.1 Å². The van der Waals surface area contributed by atoms with Gasteiger partial charge in [-0.2, -0.15) is 0 Å². The van der Waals surface area contributed by atoms with Gasteiger partial charge in [0.25, 0.3) is 0 Å². The summed E-state index contributed by atoms with van der Waals surface area (Å²) in [4.78, 5) is 16.8. The number of nitrogens with zero attached hydrogens (tertiary/aromatic N) is 7. The summed E-state index contributed by atoms with van der Waals surface area (Å²) in [5, 5.41) is 15.8. The van der Waals surface area contributed by atoms with E-state index in [-0.39, 0.29) is 0 Å². The molecule has 1 aliphatic carbocycles. The predicted octanol–water partition coefficient (Wildman–Crippen LogP) is 1.14. The third-order valence-electron chi connectivity index (χ3n) is 5.17. The van der Waals surface area contributed by atoms with Crippen LogP contribution in [0.4, 0.5) is 5.82 Å². The summed E-state index contributed by atoms with van der Waals surface area (Å²) in [7, 11) is 0. The number of anilines is 1. The molecule has 8 heteroatoms. The summed E-state index contributed by atoms with van der Waals surface area (Å²) >= 11 is 0. The molecule has 0 N–H and O–H groups in total. The van der Waals surface area contributed by atoms with Gasteiger partial charge >= 0.3 is 0 Å². The Bertz CT molecular complexity index is 709. The summed E-state index contributed by atoms with van der Waals surface area (Å²) in [6.45, 7) is 3.31. The van der Waals surface area contributed by atoms with Gasteiger partial charge in [-0.3, -0.25) is 4.79 Å². The monoisotopic (exact) mass is 329 g/mol. The molecule has 2 aliphatic rings. The van der Waals surface area contributed by atoms with E-state index in [1.165, 1.54) is 30.3 Å². The van der Waals surface area contributed by atoms with Gasteiger partial charge in [-0.25, -0.2) is 0 Å². The van der Waals surface area contributed by atoms with E-state index in [0.717, 1.165) is 44.8 Å². The van der Waals surface area contributed by atoms with Gasteiger partial charge in [0.1, 0.15) is 0 Å². The Balaban J connectivity index is 1.39. The van der Waals surface area contributed by atoms with Crippen molar-refractivity contribution in [2.45, 2.75) is 38.5 Å². The van der Waals surface area contributed by atoms with Crippen LogP contribution in [0, 0.1) is 5.92 Å². The fraction of sp³-hybridized carbons (Fsp3) is 0.688. The molecule has 0 atom stereocenters. The Morgan fingerprint density at radius 2 is 1.96 bits per heavy atom. The zero-order valence-electron chi connectivity index (χ0n) is 13.8. The van der Waals surface area contributed by atoms with Crippen molar-refractivity contribution in [2.24, 2.45) is 5.92 Å². The number of carbonyl (C=O) groups is 1. The number of rotatable bonds is 3. The minimum absolute atomic E-state index is 0.327. The van der Waals surface area contributed by atoms with Crippen LogP contribution in [0.1, 0.15) is 38.5 Å². The normalized spacial score (nSPS) is 19.8. The number of tetrazole rings is 1. The Hall–Kier alpha value is -2.25. The van der Waals surface area contributed by atoms with Crippen molar-refractivity contribution in [3.63, 3.8) is 0 Å². The van der Waals surface area contributed by atoms with E-state index >= 15 is 0 Å². The van der Waals surface area contributed by atoms with Crippen LogP contribution in [0.15, 0.2) is 12.1 Å². The van der Waals surface area contributed by atoms with Crippen LogP contribution in [-0.4, -0.2) is 62.2 Å². The molecule has 0 aromatic carbocycles. The topological polar surface area (TPSA) is 79.5 Å². The summed E-state index contributed by atoms with van der Waals surface area (Å²) in [6, 6.07) is 3.82. The fourth-order valence-corrected chi connectivity index (χ4v) is 3.80. The van der Waals surface area contributed by atoms with Crippen LogP contribution in [0.5, 0.6) is 0 Å². The van der Waals surface area contributed by atoms with Gasteiger partial charge in [-0.1, -0.05) is 12.8 Å². The van der Waals surface area contributed by atoms with Gasteiger partial charge in [-0.15, -0.1) is 14.8 Å². The molecule has 4 rings (SSSR count). The lowest BCUT2D eigenvalue weighted by Crippen LogP contribution is -2.36. The maximum Gasteiger partial charge on any atom is 0.222 e. The molecule has 0 spiro atoms. The number of hydrogen-bond acceptors (Lipinski definition) is 6. The smallest absolute Gasteiger partial charge is 0.222 e. The highest BCUT2D eigenvalue weighted by atomic mass is 16.2. The molecule has 3 heterocycles. The number of fused-ring (bicyclic) bond motifs is 1. The Labute approximate surface area is 140 Å². The lowest BCUT2D eigenvalue weighted by Gasteiger charge is -2.23. The van der Waals surface area contributed by atoms with Crippen LogP contribution < -0.4 is 4.90 Å². The van der Waals surface area contributed by atoms with Crippen LogP contribution in [0.2, 0.25) is 0 Å². The predicted molar refractivity (Wildman–Crippen MR) is 88.6 cm³/mol. The second-order valence-electron chi connectivity index (χ2n) is 6.79. The van der Waals surface area contributed by atoms with E-state index in [2.05, 4.69) is 25.5 Å². The molecular formula is C16H23N7O. The molecule has 1 saturated carbocycles. The first kappa shape index (κ1) is 15.3. The Morgan fingerprint density at radius 1 is 1.08 bits per heavy atom. The molecule has 24 heavy (non-hydrogen) atoms. The van der Waals surface area contributed by atoms with Crippen LogP contribution in [0.25, 0.3) is 5.65 Å². The average molecular weight is 329 g/mol. The molecule has 2 fully saturated rings. The highest BCUT2D eigenvalue weighted by Gasteiger charge is 2.24. The molecular weight excluding hydrogens is 306 g/mol. The van der Waals surface area contributed by atoms with E-state index in [0.29, 0.717) is 17.5 Å². The van der Waals surface area contributed by atoms with Crippen LogP contribution in [-0.2, 0) is 4.79 Å². The molecule has 0 bridgehead atoms. The minimum Gasteiger partial charge on any atom is -0.353 e. The quantitative estimate of drug-likeness (QED) is 0.840. The van der Waals surface area contributed by atoms with E-state index < -0.39 is 0 Å². The van der Waals surface area contributed by atoms with E-state index in [4.69, 9.17) is 0 Å². The van der Waals surface area contributed by atoms with Crippen molar-refractivity contribution < 1.29 is 4.79 Å². The number of amides is 1. The SMILES string of the molecule is O=C(CC1CCCC1)N1CCCN(c2ccc3nnnn3n2)CC1. The minimum atomic E-state index is 0.327. The number of hydrogen-bond donors (Lipinski definition) is 0. The summed E-state index contributed by atoms with van der Waals surface area (Å²) in [5.74, 6) is 1.80. The van der Waals surface area contributed by atoms with Gasteiger partial charge in [0, 0.05) is 32.6 Å². The van der Waals surface area contributed by atoms with Crippen molar-refractivity contribution in [1.82, 2.24) is 30.2 Å². The van der Waals surface area contributed by atoms with Crippen molar-refractivity contribution in [1.29, 1.82) is 0 Å². The van der Waals surface area contributed by atoms with Crippen molar-refractivity contribution >= 4 is 17.4 Å².